The Morgan fingerprint density at radius 3 is 2.58 bits per heavy atom. The zero-order chi connectivity index (χ0) is 19.3. The molecule has 0 heterocycles. The lowest BCUT2D eigenvalue weighted by Crippen LogP contribution is -2.65. The van der Waals surface area contributed by atoms with E-state index in [4.69, 9.17) is 4.74 Å². The number of ether oxygens (including phenoxy) is 1. The van der Waals surface area contributed by atoms with Gasteiger partial charge in [0.2, 0.25) is 0 Å². The highest BCUT2D eigenvalue weighted by molar-refractivity contribution is 5.70. The number of carbonyl (C=O) groups excluding carboxylic acids is 2. The molecule has 0 radical (unpaired) electrons. The molecule has 26 heavy (non-hydrogen) atoms. The monoisotopic (exact) mass is 363 g/mol. The van der Waals surface area contributed by atoms with Crippen LogP contribution in [0.4, 0.5) is 4.79 Å². The van der Waals surface area contributed by atoms with Crippen molar-refractivity contribution in [1.29, 1.82) is 0 Å². The van der Waals surface area contributed by atoms with E-state index < -0.39 is 11.1 Å². The first-order valence-corrected chi connectivity index (χ1v) is 10.5. The Morgan fingerprint density at radius 2 is 2.00 bits per heavy atom. The molecule has 0 aromatic heterocycles. The SMILES string of the molecule is CC(C)[C@@H]1CC[C@@]2(C)C3CC(C[C@H]31)CC2(CC=O)NC(=O)OC(C)(C)C. The number of nitrogens with one attached hydrogen (secondary N) is 1. The molecule has 1 amide bonds. The fourth-order valence-corrected chi connectivity index (χ4v) is 6.77. The van der Waals surface area contributed by atoms with Crippen molar-refractivity contribution in [2.24, 2.45) is 35.0 Å². The van der Waals surface area contributed by atoms with Gasteiger partial charge in [-0.25, -0.2) is 4.79 Å². The second kappa shape index (κ2) is 6.53. The molecule has 4 nitrogen and oxygen atoms in total. The Kier molecular flexibility index (Phi) is 4.94. The van der Waals surface area contributed by atoms with Crippen LogP contribution in [0.1, 0.15) is 80.1 Å². The third kappa shape index (κ3) is 3.18. The molecular weight excluding hydrogens is 326 g/mol. The van der Waals surface area contributed by atoms with Crippen molar-refractivity contribution in [3.05, 3.63) is 0 Å². The molecule has 0 aliphatic heterocycles. The van der Waals surface area contributed by atoms with Gasteiger partial charge in [-0.2, -0.15) is 0 Å². The van der Waals surface area contributed by atoms with E-state index in [-0.39, 0.29) is 11.5 Å². The average molecular weight is 364 g/mol. The van der Waals surface area contributed by atoms with E-state index in [1.165, 1.54) is 19.3 Å². The number of amides is 1. The molecule has 3 aliphatic rings. The summed E-state index contributed by atoms with van der Waals surface area (Å²) in [5.74, 6) is 3.46. The molecule has 3 saturated carbocycles. The summed E-state index contributed by atoms with van der Waals surface area (Å²) >= 11 is 0. The van der Waals surface area contributed by atoms with Gasteiger partial charge in [-0.05, 0) is 87.9 Å². The van der Waals surface area contributed by atoms with Crippen molar-refractivity contribution in [2.75, 3.05) is 0 Å². The lowest BCUT2D eigenvalue weighted by molar-refractivity contribution is -0.116. The van der Waals surface area contributed by atoms with Gasteiger partial charge < -0.3 is 14.8 Å². The van der Waals surface area contributed by atoms with Crippen LogP contribution in [0, 0.1) is 35.0 Å². The quantitative estimate of drug-likeness (QED) is 0.718. The average Bonchev–Trinajstić information content (AvgIpc) is 2.87. The summed E-state index contributed by atoms with van der Waals surface area (Å²) in [4.78, 5) is 24.3. The summed E-state index contributed by atoms with van der Waals surface area (Å²) in [6.45, 7) is 12.7. The maximum atomic E-state index is 12.7. The van der Waals surface area contributed by atoms with Crippen LogP contribution in [0.25, 0.3) is 0 Å². The molecule has 0 spiro atoms. The summed E-state index contributed by atoms with van der Waals surface area (Å²) in [5, 5.41) is 3.24. The summed E-state index contributed by atoms with van der Waals surface area (Å²) in [6, 6.07) is 0. The molecule has 6 atom stereocenters. The number of alkyl carbamates (subject to hydrolysis) is 1. The maximum Gasteiger partial charge on any atom is 0.408 e. The van der Waals surface area contributed by atoms with Gasteiger partial charge >= 0.3 is 6.09 Å². The Balaban J connectivity index is 1.92. The molecule has 3 aliphatic carbocycles. The van der Waals surface area contributed by atoms with E-state index in [0.29, 0.717) is 24.2 Å². The molecular formula is C22H37NO3. The maximum absolute atomic E-state index is 12.7. The molecule has 3 unspecified atom stereocenters. The van der Waals surface area contributed by atoms with Crippen molar-refractivity contribution in [1.82, 2.24) is 5.32 Å². The molecule has 1 N–H and O–H groups in total. The second-order valence-electron chi connectivity index (χ2n) is 10.8. The van der Waals surface area contributed by atoms with Crippen LogP contribution >= 0.6 is 0 Å². The fourth-order valence-electron chi connectivity index (χ4n) is 6.77. The predicted molar refractivity (Wildman–Crippen MR) is 103 cm³/mol. The van der Waals surface area contributed by atoms with Gasteiger partial charge in [0.25, 0.3) is 0 Å². The van der Waals surface area contributed by atoms with Crippen LogP contribution < -0.4 is 5.32 Å². The van der Waals surface area contributed by atoms with Gasteiger partial charge in [-0.3, -0.25) is 0 Å². The van der Waals surface area contributed by atoms with Crippen LogP contribution in [0.2, 0.25) is 0 Å². The number of fused-ring (bicyclic) bond motifs is 1. The topological polar surface area (TPSA) is 55.4 Å². The number of hydrogen-bond acceptors (Lipinski definition) is 3. The van der Waals surface area contributed by atoms with Crippen molar-refractivity contribution in [2.45, 2.75) is 91.2 Å². The minimum atomic E-state index is -0.529. The molecule has 3 fully saturated rings. The number of hydrogen-bond donors (Lipinski definition) is 1. The standard InChI is InChI=1S/C22H37NO3/c1-14(2)16-7-8-21(6)18-12-15(11-17(16)18)13-22(21,9-10-24)23-19(25)26-20(3,4)5/h10,14-18H,7-9,11-13H2,1-6H3,(H,23,25)/t15?,16-,17-,18?,21-,22?/m0/s1. The largest absolute Gasteiger partial charge is 0.444 e. The van der Waals surface area contributed by atoms with E-state index >= 15 is 0 Å². The van der Waals surface area contributed by atoms with Crippen molar-refractivity contribution >= 4 is 12.4 Å². The van der Waals surface area contributed by atoms with Crippen LogP contribution in [-0.4, -0.2) is 23.5 Å². The van der Waals surface area contributed by atoms with Crippen molar-refractivity contribution in [3.63, 3.8) is 0 Å². The van der Waals surface area contributed by atoms with Gasteiger partial charge in [-0.15, -0.1) is 0 Å². The third-order valence-corrected chi connectivity index (χ3v) is 7.83. The first kappa shape index (κ1) is 19.7. The lowest BCUT2D eigenvalue weighted by Gasteiger charge is -2.59. The fraction of sp³-hybridized carbons (Fsp3) is 0.909. The Bertz CT molecular complexity index is 566. The molecule has 0 aromatic carbocycles. The van der Waals surface area contributed by atoms with E-state index in [2.05, 4.69) is 26.1 Å². The number of aldehydes is 1. The summed E-state index contributed by atoms with van der Waals surface area (Å²) in [5.41, 5.74) is -1.01. The number of rotatable bonds is 4. The van der Waals surface area contributed by atoms with Crippen LogP contribution in [0.15, 0.2) is 0 Å². The van der Waals surface area contributed by atoms with E-state index in [9.17, 15) is 9.59 Å². The molecule has 0 aromatic rings. The molecule has 3 rings (SSSR count). The Labute approximate surface area is 158 Å². The normalized spacial score (nSPS) is 41.8. The Hall–Kier alpha value is -1.06. The van der Waals surface area contributed by atoms with E-state index in [1.807, 2.05) is 20.8 Å². The minimum absolute atomic E-state index is 0.0200. The highest BCUT2D eigenvalue weighted by atomic mass is 16.6. The molecule has 0 saturated heterocycles. The number of carbonyl (C=O) groups is 2. The van der Waals surface area contributed by atoms with Gasteiger partial charge in [0.05, 0.1) is 5.54 Å². The summed E-state index contributed by atoms with van der Waals surface area (Å²) in [6.07, 6.45) is 6.78. The van der Waals surface area contributed by atoms with Crippen molar-refractivity contribution < 1.29 is 14.3 Å². The molecule has 2 bridgehead atoms. The van der Waals surface area contributed by atoms with Gasteiger partial charge in [0.1, 0.15) is 11.9 Å². The van der Waals surface area contributed by atoms with E-state index in [1.54, 1.807) is 0 Å². The first-order chi connectivity index (χ1) is 12.0. The first-order valence-electron chi connectivity index (χ1n) is 10.5. The van der Waals surface area contributed by atoms with Crippen LogP contribution in [-0.2, 0) is 9.53 Å². The predicted octanol–water partition coefficient (Wildman–Crippen LogP) is 4.96. The van der Waals surface area contributed by atoms with Gasteiger partial charge in [0.15, 0.2) is 0 Å². The molecule has 148 valence electrons. The molecule has 4 heteroatoms. The lowest BCUT2D eigenvalue weighted by atomic mass is 9.49. The van der Waals surface area contributed by atoms with Gasteiger partial charge in [0, 0.05) is 6.42 Å². The third-order valence-electron chi connectivity index (χ3n) is 7.83. The van der Waals surface area contributed by atoms with Crippen LogP contribution in [0.3, 0.4) is 0 Å². The van der Waals surface area contributed by atoms with E-state index in [0.717, 1.165) is 31.0 Å². The highest BCUT2D eigenvalue weighted by Crippen LogP contribution is 2.67. The smallest absolute Gasteiger partial charge is 0.408 e. The van der Waals surface area contributed by atoms with Crippen molar-refractivity contribution in [3.8, 4) is 0 Å². The van der Waals surface area contributed by atoms with Gasteiger partial charge in [-0.1, -0.05) is 20.8 Å². The highest BCUT2D eigenvalue weighted by Gasteiger charge is 2.64. The minimum Gasteiger partial charge on any atom is -0.444 e. The zero-order valence-electron chi connectivity index (χ0n) is 17.4. The summed E-state index contributed by atoms with van der Waals surface area (Å²) in [7, 11) is 0. The Morgan fingerprint density at radius 1 is 1.31 bits per heavy atom. The second-order valence-corrected chi connectivity index (χ2v) is 10.8. The zero-order valence-corrected chi connectivity index (χ0v) is 17.4. The van der Waals surface area contributed by atoms with Crippen LogP contribution in [0.5, 0.6) is 0 Å². The summed E-state index contributed by atoms with van der Waals surface area (Å²) < 4.78 is 5.58.